The van der Waals surface area contributed by atoms with Gasteiger partial charge in [0.2, 0.25) is 0 Å². The Labute approximate surface area is 91.3 Å². The fraction of sp³-hybridized carbons (Fsp3) is 0.818. The maximum Gasteiger partial charge on any atom is 0.306 e. The lowest BCUT2D eigenvalue weighted by Crippen LogP contribution is -2.12. The van der Waals surface area contributed by atoms with Crippen LogP contribution in [-0.2, 0) is 9.59 Å². The number of hydrogen-bond donors (Lipinski definition) is 2. The Kier molecular flexibility index (Phi) is 12.0. The average molecular weight is 218 g/mol. The molecule has 0 aromatic rings. The molecule has 4 heteroatoms. The minimum atomic E-state index is -0.745. The van der Waals surface area contributed by atoms with Crippen molar-refractivity contribution in [1.82, 2.24) is 0 Å². The first-order chi connectivity index (χ1) is 6.99. The summed E-state index contributed by atoms with van der Waals surface area (Å²) in [4.78, 5) is 19.8. The van der Waals surface area contributed by atoms with Gasteiger partial charge < -0.3 is 10.2 Å². The molecular weight excluding hydrogens is 196 g/mol. The van der Waals surface area contributed by atoms with Crippen LogP contribution in [0.3, 0.4) is 0 Å². The highest BCUT2D eigenvalue weighted by Gasteiger charge is 2.13. The molecule has 0 heterocycles. The monoisotopic (exact) mass is 218 g/mol. The van der Waals surface area contributed by atoms with E-state index in [0.717, 1.165) is 25.7 Å². The van der Waals surface area contributed by atoms with Crippen molar-refractivity contribution < 1.29 is 19.8 Å². The fourth-order valence-corrected chi connectivity index (χ4v) is 1.09. The standard InChI is InChI=1S/C8H16O2.C3H6O2/c1-3-5-7(6-4-2)8(9)10;1-2-3(4)5/h7H,3-6H2,1-2H3,(H,9,10);2H2,1H3,(H,4,5). The summed E-state index contributed by atoms with van der Waals surface area (Å²) in [6.07, 6.45) is 3.81. The average Bonchev–Trinajstić information content (AvgIpc) is 2.18. The van der Waals surface area contributed by atoms with Gasteiger partial charge in [-0.05, 0) is 12.8 Å². The topological polar surface area (TPSA) is 74.6 Å². The first-order valence-electron chi connectivity index (χ1n) is 5.44. The molecule has 0 aromatic heterocycles. The summed E-state index contributed by atoms with van der Waals surface area (Å²) >= 11 is 0. The highest BCUT2D eigenvalue weighted by molar-refractivity contribution is 5.69. The molecule has 0 saturated heterocycles. The third-order valence-corrected chi connectivity index (χ3v) is 1.93. The zero-order valence-corrected chi connectivity index (χ0v) is 9.82. The smallest absolute Gasteiger partial charge is 0.306 e. The number of hydrogen-bond acceptors (Lipinski definition) is 2. The van der Waals surface area contributed by atoms with E-state index in [-0.39, 0.29) is 12.3 Å². The number of carbonyl (C=O) groups is 2. The Balaban J connectivity index is 0. The van der Waals surface area contributed by atoms with Crippen LogP contribution in [0.15, 0.2) is 0 Å². The molecule has 0 saturated carbocycles. The first-order valence-corrected chi connectivity index (χ1v) is 5.44. The maximum absolute atomic E-state index is 10.5. The van der Waals surface area contributed by atoms with Crippen LogP contribution in [0.5, 0.6) is 0 Å². The molecule has 15 heavy (non-hydrogen) atoms. The number of carboxylic acid groups (broad SMARTS) is 2. The van der Waals surface area contributed by atoms with E-state index in [9.17, 15) is 9.59 Å². The minimum Gasteiger partial charge on any atom is -0.481 e. The van der Waals surface area contributed by atoms with Gasteiger partial charge >= 0.3 is 11.9 Å². The number of aliphatic carboxylic acids is 2. The van der Waals surface area contributed by atoms with Gasteiger partial charge in [0.25, 0.3) is 0 Å². The van der Waals surface area contributed by atoms with E-state index in [1.165, 1.54) is 0 Å². The quantitative estimate of drug-likeness (QED) is 0.718. The highest BCUT2D eigenvalue weighted by Crippen LogP contribution is 2.12. The fourth-order valence-electron chi connectivity index (χ4n) is 1.09. The van der Waals surface area contributed by atoms with Gasteiger partial charge in [0.1, 0.15) is 0 Å². The van der Waals surface area contributed by atoms with Crippen molar-refractivity contribution in [2.45, 2.75) is 52.9 Å². The summed E-state index contributed by atoms with van der Waals surface area (Å²) in [6.45, 7) is 5.64. The van der Waals surface area contributed by atoms with E-state index in [0.29, 0.717) is 0 Å². The van der Waals surface area contributed by atoms with Crippen LogP contribution in [-0.4, -0.2) is 22.2 Å². The molecule has 0 unspecified atom stereocenters. The largest absolute Gasteiger partial charge is 0.481 e. The first kappa shape index (κ1) is 16.4. The molecule has 0 aromatic carbocycles. The van der Waals surface area contributed by atoms with E-state index in [2.05, 4.69) is 0 Å². The van der Waals surface area contributed by atoms with Crippen LogP contribution < -0.4 is 0 Å². The molecule has 0 fully saturated rings. The molecule has 90 valence electrons. The molecule has 0 radical (unpaired) electrons. The molecular formula is C11H22O4. The zero-order chi connectivity index (χ0) is 12.3. The molecule has 0 rings (SSSR count). The molecule has 0 atom stereocenters. The molecule has 0 aliphatic carbocycles. The molecule has 0 aliphatic rings. The summed E-state index contributed by atoms with van der Waals surface area (Å²) in [5.74, 6) is -1.48. The van der Waals surface area contributed by atoms with Gasteiger partial charge in [-0.1, -0.05) is 33.6 Å². The lowest BCUT2D eigenvalue weighted by atomic mass is 9.99. The van der Waals surface area contributed by atoms with Crippen LogP contribution in [0.1, 0.15) is 52.9 Å². The molecule has 2 N–H and O–H groups in total. The van der Waals surface area contributed by atoms with E-state index in [1.807, 2.05) is 13.8 Å². The van der Waals surface area contributed by atoms with Crippen LogP contribution >= 0.6 is 0 Å². The van der Waals surface area contributed by atoms with Crippen molar-refractivity contribution in [3.05, 3.63) is 0 Å². The van der Waals surface area contributed by atoms with E-state index in [4.69, 9.17) is 10.2 Å². The summed E-state index contributed by atoms with van der Waals surface area (Å²) in [5.41, 5.74) is 0. The summed E-state index contributed by atoms with van der Waals surface area (Å²) in [6, 6.07) is 0. The predicted molar refractivity (Wildman–Crippen MR) is 58.9 cm³/mol. The zero-order valence-electron chi connectivity index (χ0n) is 9.82. The number of carboxylic acids is 2. The molecule has 0 aliphatic heterocycles. The van der Waals surface area contributed by atoms with Crippen molar-refractivity contribution in [3.8, 4) is 0 Å². The molecule has 0 spiro atoms. The Morgan fingerprint density at radius 3 is 1.47 bits per heavy atom. The Morgan fingerprint density at radius 2 is 1.33 bits per heavy atom. The van der Waals surface area contributed by atoms with Gasteiger partial charge in [0, 0.05) is 6.42 Å². The normalized spacial score (nSPS) is 9.33. The Hall–Kier alpha value is -1.06. The van der Waals surface area contributed by atoms with Crippen molar-refractivity contribution in [3.63, 3.8) is 0 Å². The van der Waals surface area contributed by atoms with Crippen LogP contribution in [0.4, 0.5) is 0 Å². The van der Waals surface area contributed by atoms with Gasteiger partial charge in [-0.15, -0.1) is 0 Å². The summed E-state index contributed by atoms with van der Waals surface area (Å²) in [7, 11) is 0. The SMILES string of the molecule is CCC(=O)O.CCCC(CCC)C(=O)O. The van der Waals surface area contributed by atoms with Crippen molar-refractivity contribution in [2.24, 2.45) is 5.92 Å². The second kappa shape index (κ2) is 11.0. The van der Waals surface area contributed by atoms with Crippen LogP contribution in [0.2, 0.25) is 0 Å². The minimum absolute atomic E-state index is 0.102. The Morgan fingerprint density at radius 1 is 1.00 bits per heavy atom. The summed E-state index contributed by atoms with van der Waals surface area (Å²) in [5, 5.41) is 16.4. The van der Waals surface area contributed by atoms with Crippen molar-refractivity contribution in [1.29, 1.82) is 0 Å². The molecule has 4 nitrogen and oxygen atoms in total. The predicted octanol–water partition coefficient (Wildman–Crippen LogP) is 2.77. The van der Waals surface area contributed by atoms with Crippen molar-refractivity contribution in [2.75, 3.05) is 0 Å². The summed E-state index contributed by atoms with van der Waals surface area (Å²) < 4.78 is 0. The molecule has 0 amide bonds. The van der Waals surface area contributed by atoms with E-state index < -0.39 is 11.9 Å². The third kappa shape index (κ3) is 12.9. The lowest BCUT2D eigenvalue weighted by Gasteiger charge is -2.07. The van der Waals surface area contributed by atoms with Crippen LogP contribution in [0, 0.1) is 5.92 Å². The second-order valence-corrected chi connectivity index (χ2v) is 3.36. The lowest BCUT2D eigenvalue weighted by molar-refractivity contribution is -0.142. The van der Waals surface area contributed by atoms with Gasteiger partial charge in [-0.2, -0.15) is 0 Å². The van der Waals surface area contributed by atoms with Gasteiger partial charge in [0.05, 0.1) is 5.92 Å². The highest BCUT2D eigenvalue weighted by atomic mass is 16.4. The maximum atomic E-state index is 10.5. The van der Waals surface area contributed by atoms with Gasteiger partial charge in [0.15, 0.2) is 0 Å². The third-order valence-electron chi connectivity index (χ3n) is 1.93. The van der Waals surface area contributed by atoms with E-state index >= 15 is 0 Å². The van der Waals surface area contributed by atoms with Gasteiger partial charge in [-0.25, -0.2) is 0 Å². The van der Waals surface area contributed by atoms with E-state index in [1.54, 1.807) is 6.92 Å². The van der Waals surface area contributed by atoms with Crippen LogP contribution in [0.25, 0.3) is 0 Å². The molecule has 0 bridgehead atoms. The van der Waals surface area contributed by atoms with Crippen molar-refractivity contribution >= 4 is 11.9 Å². The van der Waals surface area contributed by atoms with Gasteiger partial charge in [-0.3, -0.25) is 9.59 Å². The Bertz CT molecular complexity index is 171. The number of rotatable bonds is 6. The second-order valence-electron chi connectivity index (χ2n) is 3.36.